The van der Waals surface area contributed by atoms with Crippen molar-refractivity contribution in [1.29, 1.82) is 0 Å². The van der Waals surface area contributed by atoms with E-state index >= 15 is 0 Å². The molecule has 4 nitrogen and oxygen atoms in total. The molecule has 16 heavy (non-hydrogen) atoms. The Labute approximate surface area is 100 Å². The molecule has 0 aliphatic rings. The van der Waals surface area contributed by atoms with Gasteiger partial charge in [-0.05, 0) is 41.8 Å². The van der Waals surface area contributed by atoms with Crippen molar-refractivity contribution in [1.82, 2.24) is 10.2 Å². The minimum absolute atomic E-state index is 0.203. The summed E-state index contributed by atoms with van der Waals surface area (Å²) in [6.45, 7) is 8.72. The second kappa shape index (κ2) is 5.98. The average molecular weight is 250 g/mol. The molecule has 5 heteroatoms. The zero-order valence-electron chi connectivity index (χ0n) is 11.4. The van der Waals surface area contributed by atoms with E-state index in [1.807, 2.05) is 14.1 Å². The Hall–Kier alpha value is -0.130. The summed E-state index contributed by atoms with van der Waals surface area (Å²) in [6.07, 6.45) is 0. The van der Waals surface area contributed by atoms with Gasteiger partial charge in [0.05, 0.1) is 10.5 Å². The monoisotopic (exact) mass is 250 g/mol. The van der Waals surface area contributed by atoms with Crippen molar-refractivity contribution in [2.24, 2.45) is 0 Å². The summed E-state index contributed by atoms with van der Waals surface area (Å²) in [4.78, 5) is 2.08. The van der Waals surface area contributed by atoms with Gasteiger partial charge in [-0.2, -0.15) is 0 Å². The van der Waals surface area contributed by atoms with E-state index in [1.54, 1.807) is 20.8 Å². The number of hydrogen-bond donors (Lipinski definition) is 1. The molecular weight excluding hydrogens is 224 g/mol. The average Bonchev–Trinajstić information content (AvgIpc) is 1.99. The summed E-state index contributed by atoms with van der Waals surface area (Å²) in [5, 5.41) is 3.22. The number of nitrogens with zero attached hydrogens (tertiary/aromatic N) is 1. The molecule has 0 radical (unpaired) electrons. The molecule has 0 saturated carbocycles. The summed E-state index contributed by atoms with van der Waals surface area (Å²) in [7, 11) is 1.01. The van der Waals surface area contributed by atoms with Crippen LogP contribution in [0, 0.1) is 0 Å². The molecule has 98 valence electrons. The van der Waals surface area contributed by atoms with Gasteiger partial charge < -0.3 is 10.2 Å². The van der Waals surface area contributed by atoms with Crippen LogP contribution >= 0.6 is 0 Å². The Balaban J connectivity index is 4.00. The molecule has 0 amide bonds. The van der Waals surface area contributed by atoms with Crippen LogP contribution in [0.5, 0.6) is 0 Å². The molecule has 0 aromatic carbocycles. The lowest BCUT2D eigenvalue weighted by molar-refractivity contribution is 0.353. The molecule has 0 aliphatic heterocycles. The van der Waals surface area contributed by atoms with Gasteiger partial charge in [-0.3, -0.25) is 0 Å². The third-order valence-corrected chi connectivity index (χ3v) is 5.04. The predicted molar refractivity (Wildman–Crippen MR) is 69.6 cm³/mol. The Morgan fingerprint density at radius 2 is 1.75 bits per heavy atom. The maximum atomic E-state index is 11.8. The van der Waals surface area contributed by atoms with Crippen molar-refractivity contribution < 1.29 is 8.42 Å². The van der Waals surface area contributed by atoms with Crippen molar-refractivity contribution in [3.8, 4) is 0 Å². The van der Waals surface area contributed by atoms with Crippen LogP contribution in [0.2, 0.25) is 0 Å². The highest BCUT2D eigenvalue weighted by molar-refractivity contribution is 7.92. The van der Waals surface area contributed by atoms with Crippen LogP contribution in [0.4, 0.5) is 0 Å². The summed E-state index contributed by atoms with van der Waals surface area (Å²) in [5.74, 6) is 0.203. The molecule has 0 heterocycles. The first-order valence-electron chi connectivity index (χ1n) is 5.66. The number of sulfone groups is 1. The normalized spacial score (nSPS) is 15.4. The molecule has 0 aromatic heterocycles. The predicted octanol–water partition coefficient (Wildman–Crippen LogP) is 0.739. The van der Waals surface area contributed by atoms with Crippen LogP contribution in [0.15, 0.2) is 0 Å². The van der Waals surface area contributed by atoms with Crippen molar-refractivity contribution in [3.05, 3.63) is 0 Å². The van der Waals surface area contributed by atoms with Gasteiger partial charge in [0.1, 0.15) is 0 Å². The standard InChI is InChI=1S/C11H26N2O2S/c1-10(9-13(5)6)12-7-8-16(14,15)11(2,3)4/h10,12H,7-9H2,1-6H3. The van der Waals surface area contributed by atoms with Gasteiger partial charge >= 0.3 is 0 Å². The van der Waals surface area contributed by atoms with Gasteiger partial charge in [-0.25, -0.2) is 8.42 Å². The second-order valence-corrected chi connectivity index (χ2v) is 8.41. The fraction of sp³-hybridized carbons (Fsp3) is 1.00. The Bertz CT molecular complexity index is 292. The highest BCUT2D eigenvalue weighted by Crippen LogP contribution is 2.15. The van der Waals surface area contributed by atoms with Gasteiger partial charge in [0.15, 0.2) is 9.84 Å². The van der Waals surface area contributed by atoms with E-state index in [-0.39, 0.29) is 5.75 Å². The van der Waals surface area contributed by atoms with Gasteiger partial charge in [0.25, 0.3) is 0 Å². The Kier molecular flexibility index (Phi) is 5.93. The van der Waals surface area contributed by atoms with Crippen molar-refractivity contribution >= 4 is 9.84 Å². The zero-order valence-corrected chi connectivity index (χ0v) is 12.2. The molecule has 0 bridgehead atoms. The number of rotatable bonds is 6. The quantitative estimate of drug-likeness (QED) is 0.755. The maximum Gasteiger partial charge on any atom is 0.156 e. The fourth-order valence-corrected chi connectivity index (χ4v) is 2.36. The van der Waals surface area contributed by atoms with Crippen LogP contribution in [0.1, 0.15) is 27.7 Å². The summed E-state index contributed by atoms with van der Waals surface area (Å²) < 4.78 is 23.0. The minimum Gasteiger partial charge on any atom is -0.312 e. The highest BCUT2D eigenvalue weighted by atomic mass is 32.2. The van der Waals surface area contributed by atoms with E-state index in [0.717, 1.165) is 6.54 Å². The molecule has 0 saturated heterocycles. The van der Waals surface area contributed by atoms with Gasteiger partial charge in [-0.1, -0.05) is 0 Å². The summed E-state index contributed by atoms with van der Waals surface area (Å²) in [6, 6.07) is 0.310. The second-order valence-electron chi connectivity index (χ2n) is 5.55. The number of hydrogen-bond acceptors (Lipinski definition) is 4. The summed E-state index contributed by atoms with van der Waals surface area (Å²) >= 11 is 0. The van der Waals surface area contributed by atoms with Crippen LogP contribution in [-0.2, 0) is 9.84 Å². The van der Waals surface area contributed by atoms with E-state index in [4.69, 9.17) is 0 Å². The molecule has 1 atom stereocenters. The molecule has 1 unspecified atom stereocenters. The fourth-order valence-electron chi connectivity index (χ4n) is 1.36. The third kappa shape index (κ3) is 5.82. The number of nitrogens with one attached hydrogen (secondary N) is 1. The lowest BCUT2D eigenvalue weighted by atomic mass is 10.3. The van der Waals surface area contributed by atoms with Gasteiger partial charge in [-0.15, -0.1) is 0 Å². The Morgan fingerprint density at radius 3 is 2.12 bits per heavy atom. The van der Waals surface area contributed by atoms with Crippen LogP contribution in [-0.4, -0.2) is 57.0 Å². The molecule has 0 aromatic rings. The van der Waals surface area contributed by atoms with E-state index in [9.17, 15) is 8.42 Å². The first kappa shape index (κ1) is 15.9. The molecule has 1 N–H and O–H groups in total. The smallest absolute Gasteiger partial charge is 0.156 e. The molecule has 0 rings (SSSR count). The molecule has 0 fully saturated rings. The number of likely N-dealkylation sites (N-methyl/N-ethyl adjacent to an activating group) is 1. The Morgan fingerprint density at radius 1 is 1.25 bits per heavy atom. The van der Waals surface area contributed by atoms with E-state index in [1.165, 1.54) is 0 Å². The van der Waals surface area contributed by atoms with Crippen molar-refractivity contribution in [3.63, 3.8) is 0 Å². The van der Waals surface area contributed by atoms with Crippen molar-refractivity contribution in [2.45, 2.75) is 38.5 Å². The molecular formula is C11H26N2O2S. The van der Waals surface area contributed by atoms with Crippen molar-refractivity contribution in [2.75, 3.05) is 32.9 Å². The van der Waals surface area contributed by atoms with E-state index in [0.29, 0.717) is 12.6 Å². The SMILES string of the molecule is CC(CN(C)C)NCCS(=O)(=O)C(C)(C)C. The lowest BCUT2D eigenvalue weighted by Gasteiger charge is -2.21. The minimum atomic E-state index is -3.00. The maximum absolute atomic E-state index is 11.8. The third-order valence-electron chi connectivity index (χ3n) is 2.44. The molecule has 0 spiro atoms. The zero-order chi connectivity index (χ0) is 13.0. The van der Waals surface area contributed by atoms with E-state index in [2.05, 4.69) is 17.1 Å². The topological polar surface area (TPSA) is 49.4 Å². The van der Waals surface area contributed by atoms with Gasteiger partial charge in [0.2, 0.25) is 0 Å². The largest absolute Gasteiger partial charge is 0.312 e. The highest BCUT2D eigenvalue weighted by Gasteiger charge is 2.28. The van der Waals surface area contributed by atoms with Crippen LogP contribution < -0.4 is 5.32 Å². The van der Waals surface area contributed by atoms with Gasteiger partial charge in [0, 0.05) is 19.1 Å². The lowest BCUT2D eigenvalue weighted by Crippen LogP contribution is -2.40. The first-order chi connectivity index (χ1) is 7.06. The van der Waals surface area contributed by atoms with Crippen LogP contribution in [0.25, 0.3) is 0 Å². The van der Waals surface area contributed by atoms with E-state index < -0.39 is 14.6 Å². The van der Waals surface area contributed by atoms with Crippen LogP contribution in [0.3, 0.4) is 0 Å². The first-order valence-corrected chi connectivity index (χ1v) is 7.32. The summed E-state index contributed by atoms with van der Waals surface area (Å²) in [5.41, 5.74) is 0. The molecule has 0 aliphatic carbocycles.